The van der Waals surface area contributed by atoms with Crippen LogP contribution >= 0.6 is 23.5 Å². The summed E-state index contributed by atoms with van der Waals surface area (Å²) in [6, 6.07) is 0.748. The van der Waals surface area contributed by atoms with Crippen molar-refractivity contribution in [1.82, 2.24) is 5.32 Å². The molecule has 0 spiro atoms. The van der Waals surface area contributed by atoms with Crippen LogP contribution in [0.1, 0.15) is 64.7 Å². The molecule has 0 saturated carbocycles. The zero-order valence-corrected chi connectivity index (χ0v) is 14.6. The molecule has 0 amide bonds. The van der Waals surface area contributed by atoms with Gasteiger partial charge >= 0.3 is 0 Å². The molecule has 2 unspecified atom stereocenters. The van der Waals surface area contributed by atoms with E-state index in [1.807, 2.05) is 0 Å². The second-order valence-corrected chi connectivity index (χ2v) is 8.14. The third-order valence-electron chi connectivity index (χ3n) is 4.03. The summed E-state index contributed by atoms with van der Waals surface area (Å²) in [5.74, 6) is 4.06. The first-order valence-corrected chi connectivity index (χ1v) is 10.5. The van der Waals surface area contributed by atoms with Gasteiger partial charge < -0.3 is 5.32 Å². The molecule has 0 aliphatic carbocycles. The van der Waals surface area contributed by atoms with E-state index in [1.54, 1.807) is 0 Å². The Bertz CT molecular complexity index is 193. The molecule has 2 atom stereocenters. The molecule has 1 nitrogen and oxygen atoms in total. The molecule has 1 N–H and O–H groups in total. The van der Waals surface area contributed by atoms with Crippen LogP contribution in [0.4, 0.5) is 0 Å². The Hall–Kier alpha value is 0.660. The van der Waals surface area contributed by atoms with Gasteiger partial charge in [-0.3, -0.25) is 0 Å². The lowest BCUT2D eigenvalue weighted by molar-refractivity contribution is 0.478. The maximum atomic E-state index is 3.56. The van der Waals surface area contributed by atoms with Gasteiger partial charge in [0.05, 0.1) is 0 Å². The molecule has 1 aliphatic rings. The number of thioether (sulfide) groups is 2. The maximum Gasteiger partial charge on any atom is 0.0291 e. The van der Waals surface area contributed by atoms with Gasteiger partial charge in [-0.15, -0.1) is 0 Å². The van der Waals surface area contributed by atoms with Gasteiger partial charge in [-0.2, -0.15) is 23.5 Å². The summed E-state index contributed by atoms with van der Waals surface area (Å²) >= 11 is 4.33. The third kappa shape index (κ3) is 8.52. The highest BCUT2D eigenvalue weighted by molar-refractivity contribution is 8.06. The van der Waals surface area contributed by atoms with Gasteiger partial charge in [0.1, 0.15) is 0 Å². The van der Waals surface area contributed by atoms with E-state index in [4.69, 9.17) is 0 Å². The maximum absolute atomic E-state index is 3.56. The van der Waals surface area contributed by atoms with Gasteiger partial charge in [-0.25, -0.2) is 0 Å². The lowest BCUT2D eigenvalue weighted by atomic mass is 10.0. The molecule has 3 heteroatoms. The summed E-state index contributed by atoms with van der Waals surface area (Å²) < 4.78 is 0. The van der Waals surface area contributed by atoms with Crippen LogP contribution in [0.2, 0.25) is 0 Å². The zero-order valence-electron chi connectivity index (χ0n) is 13.0. The number of unbranched alkanes of at least 4 members (excludes halogenated alkanes) is 7. The average molecular weight is 304 g/mol. The van der Waals surface area contributed by atoms with E-state index in [2.05, 4.69) is 42.8 Å². The molecule has 0 aromatic carbocycles. The van der Waals surface area contributed by atoms with Crippen LogP contribution in [0.15, 0.2) is 0 Å². The minimum absolute atomic E-state index is 0.748. The second kappa shape index (κ2) is 12.4. The zero-order chi connectivity index (χ0) is 13.8. The molecule has 114 valence electrons. The monoisotopic (exact) mass is 303 g/mol. The highest BCUT2D eigenvalue weighted by Gasteiger charge is 2.22. The minimum atomic E-state index is 0.748. The predicted molar refractivity (Wildman–Crippen MR) is 93.6 cm³/mol. The molecule has 0 aromatic heterocycles. The Morgan fingerprint density at radius 3 is 2.26 bits per heavy atom. The average Bonchev–Trinajstić information content (AvgIpc) is 2.47. The molecule has 1 aliphatic heterocycles. The molecular weight excluding hydrogens is 270 g/mol. The molecule has 0 radical (unpaired) electrons. The molecule has 1 saturated heterocycles. The van der Waals surface area contributed by atoms with Crippen molar-refractivity contribution in [3.63, 3.8) is 0 Å². The molecule has 0 aromatic rings. The fraction of sp³-hybridized carbons (Fsp3) is 1.00. The molecular formula is C16H33NS2. The number of hydrogen-bond donors (Lipinski definition) is 1. The van der Waals surface area contributed by atoms with Crippen molar-refractivity contribution in [3.8, 4) is 0 Å². The van der Waals surface area contributed by atoms with Crippen molar-refractivity contribution < 1.29 is 0 Å². The van der Waals surface area contributed by atoms with E-state index >= 15 is 0 Å². The Morgan fingerprint density at radius 1 is 1.00 bits per heavy atom. The van der Waals surface area contributed by atoms with E-state index in [0.29, 0.717) is 0 Å². The standard InChI is InChI=1S/C16H33NS2/c1-3-4-5-6-7-8-9-10-11-15(17-2)16-14-18-12-13-19-16/h15-17H,3-14H2,1-2H3. The molecule has 1 rings (SSSR count). The molecule has 1 heterocycles. The molecule has 1 fully saturated rings. The van der Waals surface area contributed by atoms with Crippen molar-refractivity contribution in [1.29, 1.82) is 0 Å². The number of rotatable bonds is 11. The van der Waals surface area contributed by atoms with E-state index in [0.717, 1.165) is 11.3 Å². The van der Waals surface area contributed by atoms with Gasteiger partial charge in [0.25, 0.3) is 0 Å². The van der Waals surface area contributed by atoms with Crippen LogP contribution in [0.3, 0.4) is 0 Å². The van der Waals surface area contributed by atoms with Crippen LogP contribution in [-0.4, -0.2) is 35.6 Å². The Labute approximate surface area is 129 Å². The van der Waals surface area contributed by atoms with Gasteiger partial charge in [-0.1, -0.05) is 58.3 Å². The van der Waals surface area contributed by atoms with E-state index in [1.165, 1.54) is 75.0 Å². The van der Waals surface area contributed by atoms with E-state index in [-0.39, 0.29) is 0 Å². The fourth-order valence-corrected chi connectivity index (χ4v) is 5.72. The van der Waals surface area contributed by atoms with E-state index < -0.39 is 0 Å². The first kappa shape index (κ1) is 17.7. The van der Waals surface area contributed by atoms with Crippen molar-refractivity contribution in [3.05, 3.63) is 0 Å². The van der Waals surface area contributed by atoms with Gasteiger partial charge in [-0.05, 0) is 13.5 Å². The smallest absolute Gasteiger partial charge is 0.0291 e. The first-order valence-electron chi connectivity index (χ1n) is 8.25. The number of nitrogens with one attached hydrogen (secondary N) is 1. The van der Waals surface area contributed by atoms with Crippen LogP contribution in [-0.2, 0) is 0 Å². The van der Waals surface area contributed by atoms with Gasteiger partial charge in [0.15, 0.2) is 0 Å². The number of hydrogen-bond acceptors (Lipinski definition) is 3. The lowest BCUT2D eigenvalue weighted by Crippen LogP contribution is -2.38. The van der Waals surface area contributed by atoms with E-state index in [9.17, 15) is 0 Å². The van der Waals surface area contributed by atoms with Gasteiger partial charge in [0.2, 0.25) is 0 Å². The Morgan fingerprint density at radius 2 is 1.68 bits per heavy atom. The van der Waals surface area contributed by atoms with Crippen molar-refractivity contribution in [2.75, 3.05) is 24.3 Å². The SMILES string of the molecule is CCCCCCCCCCC(NC)C1CSCCS1. The van der Waals surface area contributed by atoms with Crippen molar-refractivity contribution in [2.24, 2.45) is 0 Å². The lowest BCUT2D eigenvalue weighted by Gasteiger charge is -2.29. The first-order chi connectivity index (χ1) is 9.38. The van der Waals surface area contributed by atoms with Gasteiger partial charge in [0, 0.05) is 28.6 Å². The molecule has 19 heavy (non-hydrogen) atoms. The minimum Gasteiger partial charge on any atom is -0.316 e. The van der Waals surface area contributed by atoms with Crippen LogP contribution in [0.25, 0.3) is 0 Å². The fourth-order valence-electron chi connectivity index (χ4n) is 2.75. The van der Waals surface area contributed by atoms with Crippen LogP contribution < -0.4 is 5.32 Å². The van der Waals surface area contributed by atoms with Crippen LogP contribution in [0.5, 0.6) is 0 Å². The predicted octanol–water partition coefficient (Wildman–Crippen LogP) is 4.95. The Kier molecular flexibility index (Phi) is 11.6. The van der Waals surface area contributed by atoms with Crippen molar-refractivity contribution in [2.45, 2.75) is 76.0 Å². The largest absolute Gasteiger partial charge is 0.316 e. The topological polar surface area (TPSA) is 12.0 Å². The highest BCUT2D eigenvalue weighted by atomic mass is 32.2. The normalized spacial score (nSPS) is 21.5. The third-order valence-corrected chi connectivity index (χ3v) is 6.95. The second-order valence-electron chi connectivity index (χ2n) is 5.64. The summed E-state index contributed by atoms with van der Waals surface area (Å²) in [6.45, 7) is 2.29. The quantitative estimate of drug-likeness (QED) is 0.542. The summed E-state index contributed by atoms with van der Waals surface area (Å²) in [5, 5.41) is 4.41. The summed E-state index contributed by atoms with van der Waals surface area (Å²) in [4.78, 5) is 0. The highest BCUT2D eigenvalue weighted by Crippen LogP contribution is 2.28. The van der Waals surface area contributed by atoms with Crippen molar-refractivity contribution >= 4 is 23.5 Å². The van der Waals surface area contributed by atoms with Crippen LogP contribution in [0, 0.1) is 0 Å². The molecule has 0 bridgehead atoms. The summed E-state index contributed by atoms with van der Waals surface area (Å²) in [5.41, 5.74) is 0. The summed E-state index contributed by atoms with van der Waals surface area (Å²) in [6.07, 6.45) is 12.8. The Balaban J connectivity index is 1.96. The summed E-state index contributed by atoms with van der Waals surface area (Å²) in [7, 11) is 2.15.